The number of rotatable bonds is 5. The first-order valence-electron chi connectivity index (χ1n) is 7.00. The highest BCUT2D eigenvalue weighted by Crippen LogP contribution is 2.14. The lowest BCUT2D eigenvalue weighted by Gasteiger charge is -2.19. The molecule has 2 aromatic rings. The minimum absolute atomic E-state index is 0.0232. The second kappa shape index (κ2) is 6.87. The number of carbonyl (C=O) groups excluding carboxylic acids is 1. The summed E-state index contributed by atoms with van der Waals surface area (Å²) in [6, 6.07) is 10.6. The van der Waals surface area contributed by atoms with E-state index in [4.69, 9.17) is 9.78 Å². The van der Waals surface area contributed by atoms with Gasteiger partial charge in [0.1, 0.15) is 0 Å². The van der Waals surface area contributed by atoms with Crippen molar-refractivity contribution in [2.75, 3.05) is 5.32 Å². The Morgan fingerprint density at radius 1 is 1.32 bits per heavy atom. The van der Waals surface area contributed by atoms with Crippen LogP contribution in [0.5, 0.6) is 0 Å². The fourth-order valence-corrected chi connectivity index (χ4v) is 2.05. The van der Waals surface area contributed by atoms with E-state index in [1.165, 1.54) is 0 Å². The van der Waals surface area contributed by atoms with Crippen molar-refractivity contribution in [3.05, 3.63) is 47.2 Å². The van der Waals surface area contributed by atoms with Gasteiger partial charge in [-0.3, -0.25) is 15.4 Å². The first-order valence-corrected chi connectivity index (χ1v) is 7.00. The van der Waals surface area contributed by atoms with Crippen molar-refractivity contribution in [2.45, 2.75) is 32.9 Å². The maximum Gasteiger partial charge on any atom is 0.243 e. The van der Waals surface area contributed by atoms with Gasteiger partial charge in [0.25, 0.3) is 0 Å². The maximum atomic E-state index is 12.1. The lowest BCUT2D eigenvalue weighted by molar-refractivity contribution is -0.118. The number of aromatic nitrogens is 1. The molecule has 1 amide bonds. The van der Waals surface area contributed by atoms with Gasteiger partial charge in [0.05, 0.1) is 23.4 Å². The molecule has 6 nitrogen and oxygen atoms in total. The topological polar surface area (TPSA) is 91.0 Å². The highest BCUT2D eigenvalue weighted by atomic mass is 16.5. The predicted molar refractivity (Wildman–Crippen MR) is 82.0 cm³/mol. The van der Waals surface area contributed by atoms with E-state index in [2.05, 4.69) is 21.9 Å². The normalized spacial score (nSPS) is 13.2. The summed E-state index contributed by atoms with van der Waals surface area (Å²) in [6.45, 7) is 5.52. The number of amides is 1. The predicted octanol–water partition coefficient (Wildman–Crippen LogP) is 2.53. The molecular weight excluding hydrogens is 280 g/mol. The molecule has 2 atom stereocenters. The molecule has 1 heterocycles. The molecule has 22 heavy (non-hydrogen) atoms. The van der Waals surface area contributed by atoms with Crippen LogP contribution in [-0.2, 0) is 4.79 Å². The Hall–Kier alpha value is -2.65. The molecule has 114 valence electrons. The number of benzene rings is 1. The average Bonchev–Trinajstić information content (AvgIpc) is 2.92. The summed E-state index contributed by atoms with van der Waals surface area (Å²) in [5.41, 5.74) is 2.33. The van der Waals surface area contributed by atoms with Crippen LogP contribution >= 0.6 is 0 Å². The quantitative estimate of drug-likeness (QED) is 0.885. The molecule has 2 rings (SSSR count). The number of hydrogen-bond donors (Lipinski definition) is 2. The lowest BCUT2D eigenvalue weighted by Crippen LogP contribution is -2.39. The minimum atomic E-state index is -0.406. The van der Waals surface area contributed by atoms with Gasteiger partial charge < -0.3 is 4.52 Å². The third kappa shape index (κ3) is 3.93. The van der Waals surface area contributed by atoms with Gasteiger partial charge in [-0.2, -0.15) is 5.26 Å². The van der Waals surface area contributed by atoms with Crippen LogP contribution in [0.15, 0.2) is 34.9 Å². The largest absolute Gasteiger partial charge is 0.338 e. The van der Waals surface area contributed by atoms with Crippen molar-refractivity contribution in [1.82, 2.24) is 10.5 Å². The van der Waals surface area contributed by atoms with Gasteiger partial charge in [0.15, 0.2) is 0 Å². The summed E-state index contributed by atoms with van der Waals surface area (Å²) >= 11 is 0. The molecule has 0 aliphatic carbocycles. The van der Waals surface area contributed by atoms with E-state index < -0.39 is 6.04 Å². The van der Waals surface area contributed by atoms with E-state index in [0.717, 1.165) is 5.56 Å². The SMILES string of the molecule is Cc1cc(NC(=O)[C@@H](C)N[C@@H](C)c2ccc(C#N)cc2)on1. The molecule has 1 aromatic carbocycles. The minimum Gasteiger partial charge on any atom is -0.338 e. The molecule has 0 unspecified atom stereocenters. The molecule has 0 saturated carbocycles. The summed E-state index contributed by atoms with van der Waals surface area (Å²) in [5.74, 6) is 0.138. The van der Waals surface area contributed by atoms with Crippen LogP contribution in [0.25, 0.3) is 0 Å². The zero-order valence-corrected chi connectivity index (χ0v) is 12.8. The van der Waals surface area contributed by atoms with Gasteiger partial charge in [-0.05, 0) is 38.5 Å². The fraction of sp³-hybridized carbons (Fsp3) is 0.312. The van der Waals surface area contributed by atoms with Gasteiger partial charge in [0, 0.05) is 12.1 Å². The molecule has 0 radical (unpaired) electrons. The molecule has 0 spiro atoms. The second-order valence-corrected chi connectivity index (χ2v) is 5.17. The molecule has 0 bridgehead atoms. The lowest BCUT2D eigenvalue weighted by atomic mass is 10.1. The van der Waals surface area contributed by atoms with E-state index in [0.29, 0.717) is 17.1 Å². The number of carbonyl (C=O) groups is 1. The highest BCUT2D eigenvalue weighted by molar-refractivity contribution is 5.93. The molecular formula is C16H18N4O2. The monoisotopic (exact) mass is 298 g/mol. The molecule has 6 heteroatoms. The Bertz CT molecular complexity index is 685. The maximum absolute atomic E-state index is 12.1. The number of hydrogen-bond acceptors (Lipinski definition) is 5. The Balaban J connectivity index is 1.93. The third-order valence-corrected chi connectivity index (χ3v) is 3.31. The van der Waals surface area contributed by atoms with Crippen LogP contribution in [0, 0.1) is 18.3 Å². The van der Waals surface area contributed by atoms with Crippen molar-refractivity contribution in [3.8, 4) is 6.07 Å². The van der Waals surface area contributed by atoms with Crippen molar-refractivity contribution < 1.29 is 9.32 Å². The van der Waals surface area contributed by atoms with Gasteiger partial charge in [-0.25, -0.2) is 0 Å². The van der Waals surface area contributed by atoms with Crippen LogP contribution in [0.4, 0.5) is 5.88 Å². The van der Waals surface area contributed by atoms with E-state index in [1.807, 2.05) is 19.1 Å². The van der Waals surface area contributed by atoms with E-state index in [9.17, 15) is 4.79 Å². The Labute approximate surface area is 129 Å². The van der Waals surface area contributed by atoms with Crippen LogP contribution in [0.1, 0.15) is 36.7 Å². The Kier molecular flexibility index (Phi) is 4.92. The molecule has 0 fully saturated rings. The van der Waals surface area contributed by atoms with Gasteiger partial charge in [-0.1, -0.05) is 17.3 Å². The zero-order valence-electron chi connectivity index (χ0n) is 12.8. The number of anilines is 1. The first kappa shape index (κ1) is 15.7. The summed E-state index contributed by atoms with van der Waals surface area (Å²) in [4.78, 5) is 12.1. The molecule has 1 aromatic heterocycles. The van der Waals surface area contributed by atoms with Crippen LogP contribution in [-0.4, -0.2) is 17.1 Å². The van der Waals surface area contributed by atoms with E-state index in [1.54, 1.807) is 32.0 Å². The number of aryl methyl sites for hydroxylation is 1. The molecule has 0 saturated heterocycles. The Morgan fingerprint density at radius 3 is 2.55 bits per heavy atom. The molecule has 0 aliphatic heterocycles. The molecule has 0 aliphatic rings. The van der Waals surface area contributed by atoms with Gasteiger partial charge in [0.2, 0.25) is 11.8 Å². The number of nitriles is 1. The van der Waals surface area contributed by atoms with Crippen molar-refractivity contribution in [3.63, 3.8) is 0 Å². The third-order valence-electron chi connectivity index (χ3n) is 3.31. The van der Waals surface area contributed by atoms with Gasteiger partial charge in [-0.15, -0.1) is 0 Å². The van der Waals surface area contributed by atoms with E-state index >= 15 is 0 Å². The Morgan fingerprint density at radius 2 is 2.00 bits per heavy atom. The first-order chi connectivity index (χ1) is 10.5. The van der Waals surface area contributed by atoms with Crippen molar-refractivity contribution in [2.24, 2.45) is 0 Å². The van der Waals surface area contributed by atoms with Gasteiger partial charge >= 0.3 is 0 Å². The van der Waals surface area contributed by atoms with Crippen molar-refractivity contribution >= 4 is 11.8 Å². The summed E-state index contributed by atoms with van der Waals surface area (Å²) < 4.78 is 4.96. The summed E-state index contributed by atoms with van der Waals surface area (Å²) in [7, 11) is 0. The zero-order chi connectivity index (χ0) is 16.1. The summed E-state index contributed by atoms with van der Waals surface area (Å²) in [6.07, 6.45) is 0. The van der Waals surface area contributed by atoms with Crippen LogP contribution in [0.2, 0.25) is 0 Å². The average molecular weight is 298 g/mol. The molecule has 2 N–H and O–H groups in total. The number of nitrogens with zero attached hydrogens (tertiary/aromatic N) is 2. The fourth-order valence-electron chi connectivity index (χ4n) is 2.05. The van der Waals surface area contributed by atoms with Crippen LogP contribution in [0.3, 0.4) is 0 Å². The van der Waals surface area contributed by atoms with Crippen LogP contribution < -0.4 is 10.6 Å². The van der Waals surface area contributed by atoms with E-state index in [-0.39, 0.29) is 11.9 Å². The van der Waals surface area contributed by atoms with Crippen molar-refractivity contribution in [1.29, 1.82) is 5.26 Å². The second-order valence-electron chi connectivity index (χ2n) is 5.17. The highest BCUT2D eigenvalue weighted by Gasteiger charge is 2.17. The summed E-state index contributed by atoms with van der Waals surface area (Å²) in [5, 5.41) is 18.4. The number of nitrogens with one attached hydrogen (secondary N) is 2. The standard InChI is InChI=1S/C16H18N4O2/c1-10-8-15(22-20-10)19-16(21)12(3)18-11(2)14-6-4-13(9-17)5-7-14/h4-8,11-12,18H,1-3H3,(H,19,21)/t11-,12+/m0/s1. The smallest absolute Gasteiger partial charge is 0.243 e.